The number of ether oxygens (including phenoxy) is 1. The van der Waals surface area contributed by atoms with Gasteiger partial charge in [-0.25, -0.2) is 5.43 Å². The molecule has 5 heteroatoms. The summed E-state index contributed by atoms with van der Waals surface area (Å²) in [6.07, 6.45) is 3.45. The van der Waals surface area contributed by atoms with Crippen LogP contribution < -0.4 is 20.9 Å². The molecular formula is C20H23N3O2. The van der Waals surface area contributed by atoms with E-state index in [1.54, 1.807) is 0 Å². The minimum Gasteiger partial charge on any atom is -0.489 e. The highest BCUT2D eigenvalue weighted by molar-refractivity contribution is 5.95. The van der Waals surface area contributed by atoms with Gasteiger partial charge in [-0.15, -0.1) is 0 Å². The second kappa shape index (κ2) is 7.25. The first-order valence-corrected chi connectivity index (χ1v) is 8.88. The first kappa shape index (κ1) is 16.1. The number of nitrogens with one attached hydrogen (secondary N) is 3. The van der Waals surface area contributed by atoms with E-state index in [1.807, 2.05) is 54.6 Å². The summed E-state index contributed by atoms with van der Waals surface area (Å²) in [6, 6.07) is 17.9. The van der Waals surface area contributed by atoms with Crippen molar-refractivity contribution in [3.05, 3.63) is 60.2 Å². The molecule has 1 aliphatic carbocycles. The fourth-order valence-corrected chi connectivity index (χ4v) is 3.73. The molecule has 1 amide bonds. The van der Waals surface area contributed by atoms with E-state index >= 15 is 0 Å². The largest absolute Gasteiger partial charge is 0.489 e. The van der Waals surface area contributed by atoms with Crippen LogP contribution in [0.2, 0.25) is 0 Å². The Hall–Kier alpha value is -2.37. The number of carbonyl (C=O) groups is 1. The summed E-state index contributed by atoms with van der Waals surface area (Å²) in [5, 5.41) is 3.00. The van der Waals surface area contributed by atoms with Crippen LogP contribution >= 0.6 is 0 Å². The molecule has 3 N–H and O–H groups in total. The average molecular weight is 337 g/mol. The van der Waals surface area contributed by atoms with Gasteiger partial charge in [0.1, 0.15) is 18.4 Å². The van der Waals surface area contributed by atoms with Gasteiger partial charge in [-0.05, 0) is 42.7 Å². The van der Waals surface area contributed by atoms with Crippen LogP contribution in [0.5, 0.6) is 5.75 Å². The van der Waals surface area contributed by atoms with Gasteiger partial charge in [0.2, 0.25) is 5.91 Å². The third-order valence-electron chi connectivity index (χ3n) is 5.07. The van der Waals surface area contributed by atoms with E-state index in [0.717, 1.165) is 29.8 Å². The Morgan fingerprint density at radius 1 is 1.04 bits per heavy atom. The number of fused-ring (bicyclic) bond motifs is 1. The molecule has 25 heavy (non-hydrogen) atoms. The minimum atomic E-state index is -0.151. The third kappa shape index (κ3) is 3.67. The van der Waals surface area contributed by atoms with Gasteiger partial charge >= 0.3 is 0 Å². The summed E-state index contributed by atoms with van der Waals surface area (Å²) in [7, 11) is 0. The Morgan fingerprint density at radius 2 is 1.84 bits per heavy atom. The Bertz CT molecular complexity index is 717. The molecule has 0 aromatic heterocycles. The van der Waals surface area contributed by atoms with Gasteiger partial charge in [0, 0.05) is 17.6 Å². The van der Waals surface area contributed by atoms with Crippen LogP contribution in [0.15, 0.2) is 54.6 Å². The molecular weight excluding hydrogens is 314 g/mol. The first-order valence-electron chi connectivity index (χ1n) is 8.88. The zero-order valence-corrected chi connectivity index (χ0v) is 14.1. The maximum absolute atomic E-state index is 12.5. The van der Waals surface area contributed by atoms with Gasteiger partial charge in [-0.1, -0.05) is 36.8 Å². The summed E-state index contributed by atoms with van der Waals surface area (Å²) in [5.74, 6) is 1.21. The molecule has 2 aromatic rings. The summed E-state index contributed by atoms with van der Waals surface area (Å²) in [5.41, 5.74) is 8.31. The number of anilines is 1. The van der Waals surface area contributed by atoms with Crippen molar-refractivity contribution in [3.8, 4) is 5.75 Å². The second-order valence-electron chi connectivity index (χ2n) is 6.76. The predicted molar refractivity (Wildman–Crippen MR) is 97.0 cm³/mol. The Balaban J connectivity index is 1.32. The molecule has 3 unspecified atom stereocenters. The van der Waals surface area contributed by atoms with E-state index in [0.29, 0.717) is 18.6 Å². The zero-order valence-electron chi connectivity index (χ0n) is 14.1. The highest BCUT2D eigenvalue weighted by Gasteiger charge is 2.42. The first-order chi connectivity index (χ1) is 12.3. The van der Waals surface area contributed by atoms with Crippen molar-refractivity contribution in [2.75, 3.05) is 5.32 Å². The highest BCUT2D eigenvalue weighted by Crippen LogP contribution is 2.32. The van der Waals surface area contributed by atoms with Gasteiger partial charge in [0.25, 0.3) is 0 Å². The lowest BCUT2D eigenvalue weighted by molar-refractivity contribution is -0.118. The number of hydrogen-bond acceptors (Lipinski definition) is 4. The van der Waals surface area contributed by atoms with Crippen molar-refractivity contribution in [3.63, 3.8) is 0 Å². The molecule has 5 nitrogen and oxygen atoms in total. The van der Waals surface area contributed by atoms with Gasteiger partial charge in [-0.2, -0.15) is 0 Å². The van der Waals surface area contributed by atoms with Crippen LogP contribution in [-0.2, 0) is 11.4 Å². The van der Waals surface area contributed by atoms with Crippen LogP contribution in [0.1, 0.15) is 24.8 Å². The molecule has 4 rings (SSSR count). The van der Waals surface area contributed by atoms with Crippen LogP contribution in [0, 0.1) is 5.92 Å². The van der Waals surface area contributed by atoms with E-state index < -0.39 is 0 Å². The number of amides is 1. The maximum Gasteiger partial charge on any atom is 0.243 e. The molecule has 130 valence electrons. The molecule has 0 radical (unpaired) electrons. The van der Waals surface area contributed by atoms with Crippen molar-refractivity contribution in [2.24, 2.45) is 5.92 Å². The van der Waals surface area contributed by atoms with E-state index in [2.05, 4.69) is 16.2 Å². The number of hydrogen-bond donors (Lipinski definition) is 3. The summed E-state index contributed by atoms with van der Waals surface area (Å²) < 4.78 is 5.77. The molecule has 1 heterocycles. The highest BCUT2D eigenvalue weighted by atomic mass is 16.5. The van der Waals surface area contributed by atoms with Crippen LogP contribution in [0.4, 0.5) is 5.69 Å². The van der Waals surface area contributed by atoms with Gasteiger partial charge < -0.3 is 10.1 Å². The molecule has 2 aromatic carbocycles. The van der Waals surface area contributed by atoms with Crippen molar-refractivity contribution < 1.29 is 9.53 Å². The van der Waals surface area contributed by atoms with E-state index in [4.69, 9.17) is 4.74 Å². The average Bonchev–Trinajstić information content (AvgIpc) is 3.25. The fraction of sp³-hybridized carbons (Fsp3) is 0.350. The van der Waals surface area contributed by atoms with Crippen LogP contribution in [-0.4, -0.2) is 18.0 Å². The van der Waals surface area contributed by atoms with E-state index in [-0.39, 0.29) is 11.9 Å². The Labute approximate surface area is 147 Å². The number of carbonyl (C=O) groups excluding carboxylic acids is 1. The van der Waals surface area contributed by atoms with Gasteiger partial charge in [0.15, 0.2) is 0 Å². The lowest BCUT2D eigenvalue weighted by atomic mass is 9.96. The third-order valence-corrected chi connectivity index (χ3v) is 5.07. The van der Waals surface area contributed by atoms with Crippen molar-refractivity contribution in [1.29, 1.82) is 0 Å². The normalized spacial score (nSPS) is 24.7. The standard InChI is InChI=1S/C20H23N3O2/c24-20(19-17-7-4-8-18(17)22-23-19)21-15-9-11-16(12-10-15)25-13-14-5-2-1-3-6-14/h1-3,5-6,9-12,17-19,22-23H,4,7-8,13H2,(H,21,24). The van der Waals surface area contributed by atoms with Crippen molar-refractivity contribution in [2.45, 2.75) is 38.0 Å². The Kier molecular flexibility index (Phi) is 4.68. The molecule has 2 aliphatic rings. The minimum absolute atomic E-state index is 0.0276. The molecule has 1 aliphatic heterocycles. The molecule has 1 saturated heterocycles. The van der Waals surface area contributed by atoms with E-state index in [1.165, 1.54) is 6.42 Å². The van der Waals surface area contributed by atoms with Gasteiger partial charge in [0.05, 0.1) is 0 Å². The smallest absolute Gasteiger partial charge is 0.243 e. The number of hydrazine groups is 1. The van der Waals surface area contributed by atoms with Crippen LogP contribution in [0.3, 0.4) is 0 Å². The molecule has 1 saturated carbocycles. The monoisotopic (exact) mass is 337 g/mol. The van der Waals surface area contributed by atoms with Gasteiger partial charge in [-0.3, -0.25) is 10.2 Å². The lowest BCUT2D eigenvalue weighted by Gasteiger charge is -2.16. The summed E-state index contributed by atoms with van der Waals surface area (Å²) >= 11 is 0. The SMILES string of the molecule is O=C(Nc1ccc(OCc2ccccc2)cc1)C1NNC2CCCC21. The second-order valence-corrected chi connectivity index (χ2v) is 6.76. The quantitative estimate of drug-likeness (QED) is 0.785. The number of benzene rings is 2. The molecule has 3 atom stereocenters. The van der Waals surface area contributed by atoms with Crippen LogP contribution in [0.25, 0.3) is 0 Å². The summed E-state index contributed by atoms with van der Waals surface area (Å²) in [6.45, 7) is 0.535. The topological polar surface area (TPSA) is 62.4 Å². The summed E-state index contributed by atoms with van der Waals surface area (Å²) in [4.78, 5) is 12.5. The van der Waals surface area contributed by atoms with Crippen molar-refractivity contribution in [1.82, 2.24) is 10.9 Å². The molecule has 0 bridgehead atoms. The number of rotatable bonds is 5. The zero-order chi connectivity index (χ0) is 17.1. The Morgan fingerprint density at radius 3 is 2.64 bits per heavy atom. The van der Waals surface area contributed by atoms with E-state index in [9.17, 15) is 4.79 Å². The maximum atomic E-state index is 12.5. The molecule has 0 spiro atoms. The fourth-order valence-electron chi connectivity index (χ4n) is 3.73. The van der Waals surface area contributed by atoms with Crippen molar-refractivity contribution >= 4 is 11.6 Å². The lowest BCUT2D eigenvalue weighted by Crippen LogP contribution is -2.42. The predicted octanol–water partition coefficient (Wildman–Crippen LogP) is 2.85. The molecule has 2 fully saturated rings.